The van der Waals surface area contributed by atoms with Crippen LogP contribution in [-0.4, -0.2) is 55.0 Å². The van der Waals surface area contributed by atoms with Crippen molar-refractivity contribution in [2.75, 3.05) is 31.6 Å². The lowest BCUT2D eigenvalue weighted by molar-refractivity contribution is -0.143. The van der Waals surface area contributed by atoms with E-state index in [1.54, 1.807) is 32.7 Å². The minimum Gasteiger partial charge on any atom is -0.476 e. The number of ether oxygens (including phenoxy) is 2. The third-order valence-electron chi connectivity index (χ3n) is 4.46. The van der Waals surface area contributed by atoms with Gasteiger partial charge in [0.15, 0.2) is 5.60 Å². The molecule has 2 amide bonds. The highest BCUT2D eigenvalue weighted by atomic mass is 16.5. The van der Waals surface area contributed by atoms with Gasteiger partial charge in [-0.2, -0.15) is 0 Å². The van der Waals surface area contributed by atoms with Crippen molar-refractivity contribution in [1.29, 1.82) is 0 Å². The van der Waals surface area contributed by atoms with Crippen LogP contribution < -0.4 is 9.64 Å². The van der Waals surface area contributed by atoms with E-state index < -0.39 is 5.60 Å². The number of aryl methyl sites for hydroxylation is 1. The molecule has 0 N–H and O–H groups in total. The molecule has 0 unspecified atom stereocenters. The third-order valence-corrected chi connectivity index (χ3v) is 4.46. The van der Waals surface area contributed by atoms with Crippen LogP contribution in [0, 0.1) is 6.92 Å². The summed E-state index contributed by atoms with van der Waals surface area (Å²) in [5.41, 5.74) is 0.704. The van der Waals surface area contributed by atoms with Gasteiger partial charge in [-0.15, -0.1) is 0 Å². The molecule has 148 valence electrons. The Labute approximate surface area is 160 Å². The maximum absolute atomic E-state index is 12.8. The number of rotatable bonds is 7. The molecule has 1 aliphatic heterocycles. The minimum atomic E-state index is -0.985. The molecule has 1 aliphatic rings. The van der Waals surface area contributed by atoms with E-state index in [1.807, 2.05) is 25.1 Å². The molecular weight excluding hydrogens is 348 g/mol. The lowest BCUT2D eigenvalue weighted by atomic mass is 10.0. The van der Waals surface area contributed by atoms with Gasteiger partial charge in [0.25, 0.3) is 5.91 Å². The highest BCUT2D eigenvalue weighted by Crippen LogP contribution is 2.38. The maximum Gasteiger partial charge on any atom is 0.307 e. The second-order valence-corrected chi connectivity index (χ2v) is 7.16. The molecule has 0 fully saturated rings. The van der Waals surface area contributed by atoms with Crippen molar-refractivity contribution in [2.24, 2.45) is 0 Å². The summed E-state index contributed by atoms with van der Waals surface area (Å²) in [4.78, 5) is 39.7. The predicted molar refractivity (Wildman–Crippen MR) is 102 cm³/mol. The molecule has 27 heavy (non-hydrogen) atoms. The first kappa shape index (κ1) is 20.7. The number of hydrogen-bond acceptors (Lipinski definition) is 5. The second-order valence-electron chi connectivity index (χ2n) is 7.16. The van der Waals surface area contributed by atoms with Gasteiger partial charge in [0.1, 0.15) is 5.75 Å². The summed E-state index contributed by atoms with van der Waals surface area (Å²) in [5, 5.41) is 0. The second kappa shape index (κ2) is 8.41. The molecule has 0 saturated carbocycles. The van der Waals surface area contributed by atoms with Gasteiger partial charge in [0.2, 0.25) is 5.91 Å². The molecule has 0 spiro atoms. The van der Waals surface area contributed by atoms with Gasteiger partial charge < -0.3 is 19.3 Å². The summed E-state index contributed by atoms with van der Waals surface area (Å²) < 4.78 is 10.7. The molecule has 0 saturated heterocycles. The average Bonchev–Trinajstić information content (AvgIpc) is 2.60. The van der Waals surface area contributed by atoms with Crippen LogP contribution in [0.15, 0.2) is 18.2 Å². The lowest BCUT2D eigenvalue weighted by Gasteiger charge is -2.39. The van der Waals surface area contributed by atoms with Crippen molar-refractivity contribution >= 4 is 23.5 Å². The van der Waals surface area contributed by atoms with E-state index >= 15 is 0 Å². The number of carbonyl (C=O) groups is 3. The Hall–Kier alpha value is -2.57. The zero-order chi connectivity index (χ0) is 20.2. The van der Waals surface area contributed by atoms with Gasteiger partial charge in [-0.25, -0.2) is 0 Å². The maximum atomic E-state index is 12.8. The quantitative estimate of drug-likeness (QED) is 0.683. The van der Waals surface area contributed by atoms with Crippen LogP contribution in [0.25, 0.3) is 0 Å². The molecular formula is C20H28N2O5. The van der Waals surface area contributed by atoms with Gasteiger partial charge in [0, 0.05) is 26.6 Å². The van der Waals surface area contributed by atoms with Gasteiger partial charge in [-0.05, 0) is 45.4 Å². The SMILES string of the molecule is CCOC(=O)CCN(C)C(=O)CCN1C(=O)C(C)(C)Oc2ccc(C)cc21. The minimum absolute atomic E-state index is 0.134. The van der Waals surface area contributed by atoms with Crippen LogP contribution in [0.3, 0.4) is 0 Å². The van der Waals surface area contributed by atoms with Gasteiger partial charge in [0.05, 0.1) is 18.7 Å². The fourth-order valence-electron chi connectivity index (χ4n) is 2.91. The van der Waals surface area contributed by atoms with Crippen molar-refractivity contribution in [3.05, 3.63) is 23.8 Å². The van der Waals surface area contributed by atoms with E-state index in [-0.39, 0.29) is 43.7 Å². The molecule has 0 atom stereocenters. The highest BCUT2D eigenvalue weighted by molar-refractivity contribution is 6.02. The largest absolute Gasteiger partial charge is 0.476 e. The van der Waals surface area contributed by atoms with Crippen LogP contribution in [0.5, 0.6) is 5.75 Å². The van der Waals surface area contributed by atoms with Crippen LogP contribution in [-0.2, 0) is 19.1 Å². The monoisotopic (exact) mass is 376 g/mol. The highest BCUT2D eigenvalue weighted by Gasteiger charge is 2.40. The summed E-state index contributed by atoms with van der Waals surface area (Å²) in [5.74, 6) is -0.00634. The van der Waals surface area contributed by atoms with E-state index in [0.717, 1.165) is 5.56 Å². The van der Waals surface area contributed by atoms with Crippen molar-refractivity contribution < 1.29 is 23.9 Å². The van der Waals surface area contributed by atoms with Crippen LogP contribution in [0.1, 0.15) is 39.2 Å². The molecule has 7 heteroatoms. The van der Waals surface area contributed by atoms with E-state index in [9.17, 15) is 14.4 Å². The normalized spacial score (nSPS) is 15.0. The van der Waals surface area contributed by atoms with Crippen molar-refractivity contribution in [3.63, 3.8) is 0 Å². The number of esters is 1. The Balaban J connectivity index is 2.03. The number of amides is 2. The number of carbonyl (C=O) groups excluding carboxylic acids is 3. The topological polar surface area (TPSA) is 76.2 Å². The summed E-state index contributed by atoms with van der Waals surface area (Å²) >= 11 is 0. The number of benzene rings is 1. The zero-order valence-corrected chi connectivity index (χ0v) is 16.7. The zero-order valence-electron chi connectivity index (χ0n) is 16.7. The number of hydrogen-bond donors (Lipinski definition) is 0. The van der Waals surface area contributed by atoms with E-state index in [0.29, 0.717) is 18.0 Å². The lowest BCUT2D eigenvalue weighted by Crippen LogP contribution is -2.53. The predicted octanol–water partition coefficient (Wildman–Crippen LogP) is 2.30. The average molecular weight is 376 g/mol. The van der Waals surface area contributed by atoms with Gasteiger partial charge >= 0.3 is 5.97 Å². The molecule has 0 radical (unpaired) electrons. The molecule has 7 nitrogen and oxygen atoms in total. The molecule has 1 heterocycles. The number of fused-ring (bicyclic) bond motifs is 1. The Bertz CT molecular complexity index is 729. The van der Waals surface area contributed by atoms with Crippen molar-refractivity contribution in [2.45, 2.75) is 46.1 Å². The molecule has 0 aromatic heterocycles. The van der Waals surface area contributed by atoms with E-state index in [4.69, 9.17) is 9.47 Å². The fraction of sp³-hybridized carbons (Fsp3) is 0.550. The van der Waals surface area contributed by atoms with Gasteiger partial charge in [-0.3, -0.25) is 14.4 Å². The Morgan fingerprint density at radius 3 is 2.63 bits per heavy atom. The summed E-state index contributed by atoms with van der Waals surface area (Å²) in [6.45, 7) is 7.99. The van der Waals surface area contributed by atoms with E-state index in [2.05, 4.69) is 0 Å². The molecule has 1 aromatic carbocycles. The third kappa shape index (κ3) is 4.99. The fourth-order valence-corrected chi connectivity index (χ4v) is 2.91. The van der Waals surface area contributed by atoms with Crippen LogP contribution >= 0.6 is 0 Å². The van der Waals surface area contributed by atoms with Crippen molar-refractivity contribution in [3.8, 4) is 5.75 Å². The first-order valence-corrected chi connectivity index (χ1v) is 9.17. The Morgan fingerprint density at radius 2 is 1.96 bits per heavy atom. The van der Waals surface area contributed by atoms with E-state index in [1.165, 1.54) is 4.90 Å². The summed E-state index contributed by atoms with van der Waals surface area (Å²) in [6.07, 6.45) is 0.316. The molecule has 2 rings (SSSR count). The number of nitrogens with zero attached hydrogens (tertiary/aromatic N) is 2. The molecule has 0 aliphatic carbocycles. The molecule has 0 bridgehead atoms. The molecule has 1 aromatic rings. The standard InChI is InChI=1S/C20H28N2O5/c1-6-26-18(24)10-11-21(5)17(23)9-12-22-15-13-14(2)7-8-16(15)27-20(3,4)19(22)25/h7-8,13H,6,9-12H2,1-5H3. The Kier molecular flexibility index (Phi) is 6.46. The smallest absolute Gasteiger partial charge is 0.307 e. The summed E-state index contributed by atoms with van der Waals surface area (Å²) in [6, 6.07) is 5.66. The first-order valence-electron chi connectivity index (χ1n) is 9.17. The number of anilines is 1. The van der Waals surface area contributed by atoms with Crippen LogP contribution in [0.4, 0.5) is 5.69 Å². The van der Waals surface area contributed by atoms with Gasteiger partial charge in [-0.1, -0.05) is 6.07 Å². The van der Waals surface area contributed by atoms with Crippen LogP contribution in [0.2, 0.25) is 0 Å². The first-order chi connectivity index (χ1) is 12.7. The Morgan fingerprint density at radius 1 is 1.26 bits per heavy atom. The summed E-state index contributed by atoms with van der Waals surface area (Å²) in [7, 11) is 1.64. The van der Waals surface area contributed by atoms with Crippen molar-refractivity contribution in [1.82, 2.24) is 4.90 Å².